The second kappa shape index (κ2) is 12.5. The van der Waals surface area contributed by atoms with Crippen molar-refractivity contribution in [2.75, 3.05) is 19.1 Å². The first-order valence-electron chi connectivity index (χ1n) is 14.9. The third-order valence-corrected chi connectivity index (χ3v) is 9.13. The molecule has 2 aromatic carbocycles. The van der Waals surface area contributed by atoms with Gasteiger partial charge >= 0.3 is 12.3 Å². The van der Waals surface area contributed by atoms with Crippen LogP contribution in [0.25, 0.3) is 21.5 Å². The number of fused-ring (bicyclic) bond motifs is 1. The van der Waals surface area contributed by atoms with E-state index in [1.54, 1.807) is 24.3 Å². The molecule has 0 aliphatic heterocycles. The summed E-state index contributed by atoms with van der Waals surface area (Å²) in [5.41, 5.74) is 2.28. The predicted molar refractivity (Wildman–Crippen MR) is 162 cm³/mol. The molecule has 9 nitrogen and oxygen atoms in total. The van der Waals surface area contributed by atoms with E-state index in [9.17, 15) is 18.0 Å². The molecule has 2 fully saturated rings. The number of alkyl halides is 3. The summed E-state index contributed by atoms with van der Waals surface area (Å²) < 4.78 is 67.5. The minimum atomic E-state index is -4.84. The Morgan fingerprint density at radius 3 is 2.62 bits per heavy atom. The van der Waals surface area contributed by atoms with Gasteiger partial charge in [0.15, 0.2) is 5.13 Å². The van der Waals surface area contributed by atoms with E-state index < -0.39 is 12.3 Å². The van der Waals surface area contributed by atoms with Crippen molar-refractivity contribution in [1.82, 2.24) is 10.1 Å². The van der Waals surface area contributed by atoms with Gasteiger partial charge in [0, 0.05) is 30.1 Å². The number of carbonyl (C=O) groups is 1. The first-order valence-corrected chi connectivity index (χ1v) is 15.7. The van der Waals surface area contributed by atoms with Crippen LogP contribution in [0.3, 0.4) is 0 Å². The van der Waals surface area contributed by atoms with Crippen LogP contribution in [0.15, 0.2) is 40.9 Å². The van der Waals surface area contributed by atoms with Gasteiger partial charge in [0.2, 0.25) is 0 Å². The first kappa shape index (κ1) is 31.2. The molecule has 0 unspecified atom stereocenters. The molecule has 0 spiro atoms. The number of methoxy groups -OCH3 is 1. The number of nitrogens with zero attached hydrogens (tertiary/aromatic N) is 3. The molecule has 2 atom stereocenters. The Hall–Kier alpha value is -3.84. The fourth-order valence-corrected chi connectivity index (χ4v) is 6.77. The molecule has 2 aromatic heterocycles. The van der Waals surface area contributed by atoms with Crippen molar-refractivity contribution in [3.8, 4) is 22.8 Å². The molecule has 13 heteroatoms. The van der Waals surface area contributed by atoms with Gasteiger partial charge in [-0.2, -0.15) is 0 Å². The smallest absolute Gasteiger partial charge is 0.489 e. The van der Waals surface area contributed by atoms with Crippen LogP contribution in [0.1, 0.15) is 73.6 Å². The molecule has 45 heavy (non-hydrogen) atoms. The second-order valence-electron chi connectivity index (χ2n) is 11.7. The number of hydrogen-bond donors (Lipinski definition) is 0. The number of carbonyl (C=O) groups excluding carboxylic acids is 1. The van der Waals surface area contributed by atoms with Gasteiger partial charge in [0.25, 0.3) is 0 Å². The van der Waals surface area contributed by atoms with Crippen molar-refractivity contribution >= 4 is 32.7 Å². The van der Waals surface area contributed by atoms with Crippen molar-refractivity contribution in [1.29, 1.82) is 0 Å². The minimum Gasteiger partial charge on any atom is -0.489 e. The van der Waals surface area contributed by atoms with E-state index in [-0.39, 0.29) is 42.1 Å². The molecule has 0 amide bonds. The molecule has 2 heterocycles. The Morgan fingerprint density at radius 2 is 1.91 bits per heavy atom. The van der Waals surface area contributed by atoms with Gasteiger partial charge in [0.05, 0.1) is 36.2 Å². The van der Waals surface area contributed by atoms with Crippen molar-refractivity contribution in [2.24, 2.45) is 0 Å². The first-order chi connectivity index (χ1) is 21.5. The van der Waals surface area contributed by atoms with Gasteiger partial charge in [-0.15, -0.1) is 13.2 Å². The van der Waals surface area contributed by atoms with Crippen LogP contribution < -0.4 is 14.4 Å². The Balaban J connectivity index is 1.18. The zero-order valence-corrected chi connectivity index (χ0v) is 26.2. The lowest BCUT2D eigenvalue weighted by atomic mass is 10.0. The van der Waals surface area contributed by atoms with Crippen molar-refractivity contribution in [3.63, 3.8) is 0 Å². The van der Waals surface area contributed by atoms with E-state index in [4.69, 9.17) is 23.7 Å². The largest absolute Gasteiger partial charge is 0.573 e. The Kier molecular flexibility index (Phi) is 8.66. The van der Waals surface area contributed by atoms with Gasteiger partial charge in [-0.05, 0) is 70.2 Å². The molecule has 0 radical (unpaired) electrons. The van der Waals surface area contributed by atoms with Crippen LogP contribution in [0.5, 0.6) is 11.5 Å². The van der Waals surface area contributed by atoms with Crippen LogP contribution in [0, 0.1) is 0 Å². The maximum Gasteiger partial charge on any atom is 0.573 e. The third-order valence-electron chi connectivity index (χ3n) is 8.04. The number of anilines is 1. The Morgan fingerprint density at radius 1 is 1.13 bits per heavy atom. The molecule has 240 valence electrons. The van der Waals surface area contributed by atoms with E-state index >= 15 is 0 Å². The molecule has 4 aromatic rings. The zero-order chi connectivity index (χ0) is 31.9. The van der Waals surface area contributed by atoms with E-state index in [0.29, 0.717) is 33.8 Å². The highest BCUT2D eigenvalue weighted by Crippen LogP contribution is 2.46. The average molecular weight is 646 g/mol. The van der Waals surface area contributed by atoms with Crippen molar-refractivity contribution in [3.05, 3.63) is 53.3 Å². The summed E-state index contributed by atoms with van der Waals surface area (Å²) in [5, 5.41) is 4.97. The SMILES string of the molecule is COC(=O)c1cc(OC(C)C)c2nc(N(C)[C@@H]3CC[C@H](OCc4c(-c5ccccc5OC(F)(F)F)noc4C4CC4)C3)sc2c1. The molecule has 0 saturated heterocycles. The summed E-state index contributed by atoms with van der Waals surface area (Å²) in [6.45, 7) is 4.00. The highest BCUT2D eigenvalue weighted by molar-refractivity contribution is 7.22. The van der Waals surface area contributed by atoms with E-state index in [2.05, 4.69) is 14.8 Å². The molecule has 2 aliphatic rings. The summed E-state index contributed by atoms with van der Waals surface area (Å²) in [6.07, 6.45) is -0.728. The maximum atomic E-state index is 13.1. The summed E-state index contributed by atoms with van der Waals surface area (Å²) in [6, 6.07) is 9.53. The van der Waals surface area contributed by atoms with Crippen molar-refractivity contribution in [2.45, 2.75) is 83.1 Å². The van der Waals surface area contributed by atoms with Gasteiger partial charge in [-0.25, -0.2) is 9.78 Å². The Labute approximate surface area is 262 Å². The Bertz CT molecular complexity index is 1680. The van der Waals surface area contributed by atoms with Crippen LogP contribution in [0.4, 0.5) is 18.3 Å². The van der Waals surface area contributed by atoms with E-state index in [0.717, 1.165) is 41.9 Å². The number of rotatable bonds is 11. The van der Waals surface area contributed by atoms with Gasteiger partial charge in [-0.1, -0.05) is 28.6 Å². The fraction of sp³-hybridized carbons (Fsp3) is 0.469. The molecule has 0 N–H and O–H groups in total. The molecule has 0 bridgehead atoms. The van der Waals surface area contributed by atoms with Gasteiger partial charge < -0.3 is 28.4 Å². The number of benzene rings is 2. The summed E-state index contributed by atoms with van der Waals surface area (Å²) in [5.74, 6) is 0.609. The third kappa shape index (κ3) is 6.89. The lowest BCUT2D eigenvalue weighted by Gasteiger charge is -2.24. The highest BCUT2D eigenvalue weighted by atomic mass is 32.1. The maximum absolute atomic E-state index is 13.1. The van der Waals surface area contributed by atoms with Crippen LogP contribution >= 0.6 is 11.3 Å². The predicted octanol–water partition coefficient (Wildman–Crippen LogP) is 7.88. The quantitative estimate of drug-likeness (QED) is 0.151. The number of hydrogen-bond acceptors (Lipinski definition) is 10. The van der Waals surface area contributed by atoms with Gasteiger partial charge in [-0.3, -0.25) is 0 Å². The average Bonchev–Trinajstić information content (AvgIpc) is 3.37. The highest BCUT2D eigenvalue weighted by Gasteiger charge is 2.37. The molecular formula is C32H34F3N3O6S. The van der Waals surface area contributed by atoms with E-state index in [1.807, 2.05) is 20.9 Å². The van der Waals surface area contributed by atoms with E-state index in [1.165, 1.54) is 30.6 Å². The number of ether oxygens (including phenoxy) is 4. The second-order valence-corrected chi connectivity index (χ2v) is 12.7. The number of esters is 1. The van der Waals surface area contributed by atoms with Crippen LogP contribution in [-0.4, -0.2) is 54.9 Å². The van der Waals surface area contributed by atoms with Crippen LogP contribution in [0.2, 0.25) is 0 Å². The number of thiazole rings is 1. The lowest BCUT2D eigenvalue weighted by Crippen LogP contribution is -2.29. The number of aromatic nitrogens is 2. The topological polar surface area (TPSA) is 96.2 Å². The fourth-order valence-electron chi connectivity index (χ4n) is 5.71. The van der Waals surface area contributed by atoms with Crippen molar-refractivity contribution < 1.29 is 41.4 Å². The zero-order valence-electron chi connectivity index (χ0n) is 25.3. The standard InChI is InChI=1S/C32H34F3N3O6S/c1-17(2)42-25-13-19(30(39)40-4)14-26-28(25)36-31(45-26)38(3)20-11-12-21(15-20)41-16-23-27(37-44-29(23)18-9-10-18)22-7-5-6-8-24(22)43-32(33,34)35/h5-8,13-14,17-18,20-21H,9-12,15-16H2,1-4H3/t20-,21+/m1/s1. The summed E-state index contributed by atoms with van der Waals surface area (Å²) >= 11 is 1.48. The molecule has 2 aliphatic carbocycles. The molecule has 6 rings (SSSR count). The number of para-hydroxylation sites is 1. The van der Waals surface area contributed by atoms with Crippen LogP contribution in [-0.2, 0) is 16.1 Å². The van der Waals surface area contributed by atoms with Gasteiger partial charge in [0.1, 0.15) is 28.5 Å². The monoisotopic (exact) mass is 645 g/mol. The molecule has 2 saturated carbocycles. The minimum absolute atomic E-state index is 0.0749. The lowest BCUT2D eigenvalue weighted by molar-refractivity contribution is -0.274. The normalized spacial score (nSPS) is 18.5. The summed E-state index contributed by atoms with van der Waals surface area (Å²) in [7, 11) is 3.34. The number of halogens is 3. The molecular weight excluding hydrogens is 611 g/mol. The summed E-state index contributed by atoms with van der Waals surface area (Å²) in [4.78, 5) is 19.3.